The van der Waals surface area contributed by atoms with Crippen LogP contribution in [0.3, 0.4) is 0 Å². The first-order chi connectivity index (χ1) is 19.9. The summed E-state index contributed by atoms with van der Waals surface area (Å²) in [6.07, 6.45) is 9.81. The summed E-state index contributed by atoms with van der Waals surface area (Å²) >= 11 is 0. The number of benzene rings is 3. The lowest BCUT2D eigenvalue weighted by molar-refractivity contribution is -0.139. The summed E-state index contributed by atoms with van der Waals surface area (Å²) in [6.45, 7) is 9.59. The molecule has 6 nitrogen and oxygen atoms in total. The Balaban J connectivity index is 1.46. The normalized spacial score (nSPS) is 10.8. The van der Waals surface area contributed by atoms with Gasteiger partial charge in [-0.1, -0.05) is 74.7 Å². The first kappa shape index (κ1) is 31.1. The van der Waals surface area contributed by atoms with Gasteiger partial charge < -0.3 is 19.3 Å². The van der Waals surface area contributed by atoms with Crippen LogP contribution in [0, 0.1) is 0 Å². The molecule has 0 bridgehead atoms. The first-order valence-corrected chi connectivity index (χ1v) is 13.9. The van der Waals surface area contributed by atoms with Gasteiger partial charge in [-0.25, -0.2) is 9.59 Å². The highest BCUT2D eigenvalue weighted by Crippen LogP contribution is 2.26. The number of hydrogen-bond donors (Lipinski definition) is 1. The number of hydrogen-bond acceptors (Lipinski definition) is 6. The molecule has 1 N–H and O–H groups in total. The lowest BCUT2D eigenvalue weighted by Crippen LogP contribution is -2.10. The molecular weight excluding hydrogens is 516 g/mol. The van der Waals surface area contributed by atoms with Gasteiger partial charge in [0.25, 0.3) is 0 Å². The second-order valence-corrected chi connectivity index (χ2v) is 9.48. The van der Waals surface area contributed by atoms with Crippen molar-refractivity contribution in [2.24, 2.45) is 0 Å². The van der Waals surface area contributed by atoms with Crippen molar-refractivity contribution in [2.45, 2.75) is 39.0 Å². The fourth-order valence-electron chi connectivity index (χ4n) is 4.07. The lowest BCUT2D eigenvalue weighted by Gasteiger charge is -2.10. The fourth-order valence-corrected chi connectivity index (χ4v) is 4.07. The molecule has 0 saturated heterocycles. The average molecular weight is 555 g/mol. The Morgan fingerprint density at radius 2 is 1.49 bits per heavy atom. The minimum atomic E-state index is -0.535. The maximum absolute atomic E-state index is 11.4. The van der Waals surface area contributed by atoms with Crippen molar-refractivity contribution in [3.63, 3.8) is 0 Å². The van der Waals surface area contributed by atoms with E-state index in [9.17, 15) is 9.59 Å². The summed E-state index contributed by atoms with van der Waals surface area (Å²) in [5.74, 6) is 0.316. The van der Waals surface area contributed by atoms with Crippen LogP contribution in [0.25, 0.3) is 23.3 Å². The molecule has 0 aromatic heterocycles. The number of ether oxygens (including phenoxy) is 3. The van der Waals surface area contributed by atoms with E-state index in [4.69, 9.17) is 19.3 Å². The van der Waals surface area contributed by atoms with Crippen LogP contribution in [0.4, 0.5) is 0 Å². The Kier molecular flexibility index (Phi) is 12.6. The molecule has 0 fully saturated rings. The molecule has 3 aromatic carbocycles. The molecule has 3 rings (SSSR count). The number of aryl methyl sites for hydroxylation is 1. The Bertz CT molecular complexity index is 1340. The molecule has 0 heterocycles. The number of unbranched alkanes of at least 4 members (excludes halogenated alkanes) is 3. The topological polar surface area (TPSA) is 82.1 Å². The molecule has 0 aliphatic carbocycles. The highest BCUT2D eigenvalue weighted by Gasteiger charge is 2.07. The first-order valence-electron chi connectivity index (χ1n) is 13.9. The van der Waals surface area contributed by atoms with Crippen LogP contribution in [-0.4, -0.2) is 36.9 Å². The van der Waals surface area contributed by atoms with E-state index in [0.717, 1.165) is 66.2 Å². The standard InChI is InChI=1S/C35H38O6/c1-4-28-24-31(15-14-29(28)13-10-27-11-18-33(19-12-27)41-34(37)5-2)30-16-20-32(21-17-30)39-22-8-6-7-9-23-40-35(38)26(3)25-36/h5,10-21,24,36H,2-4,6-9,22-23,25H2,1H3/b13-10+. The van der Waals surface area contributed by atoms with Crippen molar-refractivity contribution < 1.29 is 28.9 Å². The minimum absolute atomic E-state index is 0.0791. The Hall–Kier alpha value is -4.42. The Labute approximate surface area is 242 Å². The third-order valence-corrected chi connectivity index (χ3v) is 6.45. The van der Waals surface area contributed by atoms with E-state index >= 15 is 0 Å². The minimum Gasteiger partial charge on any atom is -0.494 e. The quantitative estimate of drug-likeness (QED) is 0.0663. The van der Waals surface area contributed by atoms with Crippen LogP contribution in [0.2, 0.25) is 0 Å². The van der Waals surface area contributed by atoms with E-state index in [1.54, 1.807) is 12.1 Å². The maximum Gasteiger partial charge on any atom is 0.335 e. The zero-order chi connectivity index (χ0) is 29.5. The number of aliphatic hydroxyl groups excluding tert-OH is 1. The van der Waals surface area contributed by atoms with Gasteiger partial charge in [0.2, 0.25) is 0 Å². The third kappa shape index (κ3) is 10.2. The molecule has 3 aromatic rings. The van der Waals surface area contributed by atoms with Gasteiger partial charge >= 0.3 is 11.9 Å². The van der Waals surface area contributed by atoms with Gasteiger partial charge in [-0.3, -0.25) is 0 Å². The molecule has 0 spiro atoms. The summed E-state index contributed by atoms with van der Waals surface area (Å²) in [6, 6.07) is 22.0. The highest BCUT2D eigenvalue weighted by atomic mass is 16.5. The van der Waals surface area contributed by atoms with Crippen molar-refractivity contribution in [2.75, 3.05) is 19.8 Å². The Morgan fingerprint density at radius 3 is 2.15 bits per heavy atom. The Morgan fingerprint density at radius 1 is 0.829 bits per heavy atom. The van der Waals surface area contributed by atoms with Gasteiger partial charge in [-0.15, -0.1) is 0 Å². The number of esters is 2. The van der Waals surface area contributed by atoms with E-state index in [1.807, 2.05) is 30.3 Å². The summed E-state index contributed by atoms with van der Waals surface area (Å²) in [7, 11) is 0. The van der Waals surface area contributed by atoms with Crippen LogP contribution in [-0.2, 0) is 20.7 Å². The van der Waals surface area contributed by atoms with E-state index < -0.39 is 11.9 Å². The van der Waals surface area contributed by atoms with Gasteiger partial charge in [-0.05, 0) is 84.2 Å². The highest BCUT2D eigenvalue weighted by molar-refractivity contribution is 5.87. The van der Waals surface area contributed by atoms with E-state index in [-0.39, 0.29) is 12.2 Å². The predicted octanol–water partition coefficient (Wildman–Crippen LogP) is 7.21. The molecule has 0 unspecified atom stereocenters. The van der Waals surface area contributed by atoms with Gasteiger partial charge in [0, 0.05) is 6.08 Å². The molecule has 0 atom stereocenters. The van der Waals surface area contributed by atoms with Crippen LogP contribution >= 0.6 is 0 Å². The summed E-state index contributed by atoms with van der Waals surface area (Å²) < 4.78 is 16.1. The molecule has 214 valence electrons. The number of rotatable bonds is 16. The van der Waals surface area contributed by atoms with Crippen molar-refractivity contribution >= 4 is 24.1 Å². The van der Waals surface area contributed by atoms with Crippen LogP contribution in [0.5, 0.6) is 11.5 Å². The smallest absolute Gasteiger partial charge is 0.335 e. The van der Waals surface area contributed by atoms with Crippen LogP contribution in [0.15, 0.2) is 91.5 Å². The van der Waals surface area contributed by atoms with E-state index in [2.05, 4.69) is 56.5 Å². The van der Waals surface area contributed by atoms with Crippen molar-refractivity contribution in [1.29, 1.82) is 0 Å². The summed E-state index contributed by atoms with van der Waals surface area (Å²) in [5, 5.41) is 8.85. The molecule has 0 aliphatic heterocycles. The third-order valence-electron chi connectivity index (χ3n) is 6.45. The van der Waals surface area contributed by atoms with E-state index in [0.29, 0.717) is 19.0 Å². The van der Waals surface area contributed by atoms with Crippen molar-refractivity contribution in [1.82, 2.24) is 0 Å². The lowest BCUT2D eigenvalue weighted by atomic mass is 9.97. The van der Waals surface area contributed by atoms with Gasteiger partial charge in [0.05, 0.1) is 25.4 Å². The average Bonchev–Trinajstić information content (AvgIpc) is 3.01. The molecule has 0 amide bonds. The maximum atomic E-state index is 11.4. The second kappa shape index (κ2) is 16.6. The molecule has 6 heteroatoms. The zero-order valence-corrected chi connectivity index (χ0v) is 23.6. The molecular formula is C35H38O6. The van der Waals surface area contributed by atoms with Crippen molar-refractivity contribution in [3.8, 4) is 22.6 Å². The summed E-state index contributed by atoms with van der Waals surface area (Å²) in [5.41, 5.74) is 5.79. The number of carbonyl (C=O) groups excluding carboxylic acids is 2. The van der Waals surface area contributed by atoms with Gasteiger partial charge in [-0.2, -0.15) is 0 Å². The monoisotopic (exact) mass is 554 g/mol. The molecule has 0 saturated carbocycles. The second-order valence-electron chi connectivity index (χ2n) is 9.48. The van der Waals surface area contributed by atoms with Gasteiger partial charge in [0.1, 0.15) is 11.5 Å². The molecule has 41 heavy (non-hydrogen) atoms. The molecule has 0 aliphatic rings. The number of carbonyl (C=O) groups is 2. The van der Waals surface area contributed by atoms with Crippen LogP contribution < -0.4 is 9.47 Å². The summed E-state index contributed by atoms with van der Waals surface area (Å²) in [4.78, 5) is 22.8. The zero-order valence-electron chi connectivity index (χ0n) is 23.6. The molecule has 0 radical (unpaired) electrons. The van der Waals surface area contributed by atoms with Gasteiger partial charge in [0.15, 0.2) is 0 Å². The SMILES string of the molecule is C=CC(=O)Oc1ccc(/C=C/c2ccc(-c3ccc(OCCCCCCOC(=O)C(=C)CO)cc3)cc2CC)cc1. The fraction of sp³-hybridized carbons (Fsp3) is 0.257. The number of aliphatic hydroxyl groups is 1. The van der Waals surface area contributed by atoms with E-state index in [1.165, 1.54) is 5.56 Å². The van der Waals surface area contributed by atoms with Crippen molar-refractivity contribution in [3.05, 3.63) is 108 Å². The van der Waals surface area contributed by atoms with Crippen LogP contribution in [0.1, 0.15) is 49.3 Å². The predicted molar refractivity (Wildman–Crippen MR) is 164 cm³/mol. The largest absolute Gasteiger partial charge is 0.494 e.